The summed E-state index contributed by atoms with van der Waals surface area (Å²) in [7, 11) is 2.61. The predicted octanol–water partition coefficient (Wildman–Crippen LogP) is 3.08. The van der Waals surface area contributed by atoms with Crippen molar-refractivity contribution >= 4 is 5.97 Å². The van der Waals surface area contributed by atoms with Crippen LogP contribution >= 0.6 is 0 Å². The molecule has 2 rings (SSSR count). The topological polar surface area (TPSA) is 74.2 Å². The van der Waals surface area contributed by atoms with Gasteiger partial charge in [0.1, 0.15) is 11.9 Å². The van der Waals surface area contributed by atoms with Crippen molar-refractivity contribution in [1.29, 1.82) is 0 Å². The number of hydrogen-bond donors (Lipinski definition) is 1. The fraction of sp³-hybridized carbons (Fsp3) is 0.316. The molecular formula is C19H21FO6. The van der Waals surface area contributed by atoms with Crippen LogP contribution in [0.15, 0.2) is 36.4 Å². The van der Waals surface area contributed by atoms with E-state index in [4.69, 9.17) is 14.2 Å². The van der Waals surface area contributed by atoms with Gasteiger partial charge in [0.2, 0.25) is 0 Å². The first-order valence-corrected chi connectivity index (χ1v) is 7.96. The van der Waals surface area contributed by atoms with Gasteiger partial charge >= 0.3 is 5.97 Å². The Kier molecular flexibility index (Phi) is 6.94. The van der Waals surface area contributed by atoms with E-state index in [0.717, 1.165) is 0 Å². The average Bonchev–Trinajstić information content (AvgIpc) is 2.67. The molecule has 0 saturated carbocycles. The molecule has 0 aliphatic carbocycles. The summed E-state index contributed by atoms with van der Waals surface area (Å²) in [5, 5.41) is 10.7. The molecule has 0 bridgehead atoms. The standard InChI is InChI=1S/C19H21FO6/c1-4-25-11-26-14-9-10-15(23-2)17(20)16(14)18(21)12-5-7-13(8-6-12)19(22)24-3/h5-10,18,21H,4,11H2,1-3H3. The number of esters is 1. The normalized spacial score (nSPS) is 11.7. The van der Waals surface area contributed by atoms with Crippen LogP contribution in [0.2, 0.25) is 0 Å². The molecule has 0 saturated heterocycles. The second-order valence-electron chi connectivity index (χ2n) is 5.26. The highest BCUT2D eigenvalue weighted by atomic mass is 19.1. The molecule has 140 valence electrons. The fourth-order valence-corrected chi connectivity index (χ4v) is 2.37. The third-order valence-electron chi connectivity index (χ3n) is 3.75. The van der Waals surface area contributed by atoms with Crippen molar-refractivity contribution in [1.82, 2.24) is 0 Å². The molecule has 1 unspecified atom stereocenters. The third-order valence-corrected chi connectivity index (χ3v) is 3.75. The molecule has 0 aliphatic heterocycles. The number of methoxy groups -OCH3 is 2. The zero-order valence-electron chi connectivity index (χ0n) is 14.8. The van der Waals surface area contributed by atoms with Gasteiger partial charge in [0, 0.05) is 6.61 Å². The van der Waals surface area contributed by atoms with Crippen LogP contribution in [-0.2, 0) is 9.47 Å². The number of carbonyl (C=O) groups is 1. The third kappa shape index (κ3) is 4.30. The number of halogens is 1. The van der Waals surface area contributed by atoms with E-state index in [0.29, 0.717) is 17.7 Å². The van der Waals surface area contributed by atoms with Gasteiger partial charge < -0.3 is 24.1 Å². The minimum atomic E-state index is -1.33. The summed E-state index contributed by atoms with van der Waals surface area (Å²) in [4.78, 5) is 11.5. The van der Waals surface area contributed by atoms with Crippen LogP contribution < -0.4 is 9.47 Å². The van der Waals surface area contributed by atoms with Crippen molar-refractivity contribution in [3.8, 4) is 11.5 Å². The number of carbonyl (C=O) groups excluding carboxylic acids is 1. The Morgan fingerprint density at radius 1 is 1.12 bits per heavy atom. The van der Waals surface area contributed by atoms with Crippen molar-refractivity contribution in [2.24, 2.45) is 0 Å². The Bertz CT molecular complexity index is 744. The quantitative estimate of drug-likeness (QED) is 0.441. The Morgan fingerprint density at radius 2 is 1.77 bits per heavy atom. The van der Waals surface area contributed by atoms with E-state index in [2.05, 4.69) is 4.74 Å². The number of aliphatic hydroxyl groups is 1. The van der Waals surface area contributed by atoms with Crippen LogP contribution in [0.5, 0.6) is 11.5 Å². The maximum Gasteiger partial charge on any atom is 0.337 e. The Labute approximate surface area is 151 Å². The number of rotatable bonds is 8. The zero-order chi connectivity index (χ0) is 19.1. The summed E-state index contributed by atoms with van der Waals surface area (Å²) in [6.45, 7) is 2.16. The molecule has 0 radical (unpaired) electrons. The van der Waals surface area contributed by atoms with Gasteiger partial charge in [-0.3, -0.25) is 0 Å². The summed E-state index contributed by atoms with van der Waals surface area (Å²) in [5.74, 6) is -1.11. The summed E-state index contributed by atoms with van der Waals surface area (Å²) >= 11 is 0. The lowest BCUT2D eigenvalue weighted by Gasteiger charge is -2.19. The summed E-state index contributed by atoms with van der Waals surface area (Å²) in [6, 6.07) is 8.92. The SMILES string of the molecule is CCOCOc1ccc(OC)c(F)c1C(O)c1ccc(C(=O)OC)cc1. The van der Waals surface area contributed by atoms with E-state index >= 15 is 0 Å². The van der Waals surface area contributed by atoms with Crippen molar-refractivity contribution in [3.05, 3.63) is 58.9 Å². The highest BCUT2D eigenvalue weighted by Gasteiger charge is 2.24. The van der Waals surface area contributed by atoms with E-state index in [1.165, 1.54) is 50.6 Å². The van der Waals surface area contributed by atoms with Crippen LogP contribution in [0.3, 0.4) is 0 Å². The molecule has 0 aliphatic rings. The molecular weight excluding hydrogens is 343 g/mol. The largest absolute Gasteiger partial charge is 0.494 e. The lowest BCUT2D eigenvalue weighted by Crippen LogP contribution is -2.10. The van der Waals surface area contributed by atoms with E-state index < -0.39 is 17.9 Å². The number of ether oxygens (including phenoxy) is 4. The van der Waals surface area contributed by atoms with Gasteiger partial charge in [0.25, 0.3) is 0 Å². The van der Waals surface area contributed by atoms with Crippen molar-refractivity contribution in [2.45, 2.75) is 13.0 Å². The van der Waals surface area contributed by atoms with Gasteiger partial charge in [-0.1, -0.05) is 12.1 Å². The first-order valence-electron chi connectivity index (χ1n) is 7.96. The monoisotopic (exact) mass is 364 g/mol. The van der Waals surface area contributed by atoms with Gasteiger partial charge in [-0.2, -0.15) is 0 Å². The molecule has 7 heteroatoms. The van der Waals surface area contributed by atoms with E-state index in [1.807, 2.05) is 0 Å². The molecule has 0 fully saturated rings. The molecule has 0 amide bonds. The smallest absolute Gasteiger partial charge is 0.337 e. The fourth-order valence-electron chi connectivity index (χ4n) is 2.37. The molecule has 0 heterocycles. The maximum absolute atomic E-state index is 14.8. The van der Waals surface area contributed by atoms with Crippen LogP contribution in [0.4, 0.5) is 4.39 Å². The molecule has 0 spiro atoms. The number of hydrogen-bond acceptors (Lipinski definition) is 6. The molecule has 1 atom stereocenters. The van der Waals surface area contributed by atoms with Crippen molar-refractivity contribution < 1.29 is 33.2 Å². The maximum atomic E-state index is 14.8. The number of benzene rings is 2. The molecule has 2 aromatic rings. The first-order chi connectivity index (χ1) is 12.5. The Hall–Kier alpha value is -2.64. The van der Waals surface area contributed by atoms with Crippen LogP contribution in [0.25, 0.3) is 0 Å². The van der Waals surface area contributed by atoms with Gasteiger partial charge in [0.15, 0.2) is 18.4 Å². The summed E-state index contributed by atoms with van der Waals surface area (Å²) in [5.41, 5.74) is 0.628. The van der Waals surface area contributed by atoms with Gasteiger partial charge in [-0.15, -0.1) is 0 Å². The lowest BCUT2D eigenvalue weighted by molar-refractivity contribution is 0.0203. The lowest BCUT2D eigenvalue weighted by atomic mass is 9.98. The first kappa shape index (κ1) is 19.7. The van der Waals surface area contributed by atoms with Gasteiger partial charge in [0.05, 0.1) is 25.3 Å². The minimum absolute atomic E-state index is 0.0195. The molecule has 0 aromatic heterocycles. The second kappa shape index (κ2) is 9.17. The predicted molar refractivity (Wildman–Crippen MR) is 91.9 cm³/mol. The van der Waals surface area contributed by atoms with Crippen LogP contribution in [0.1, 0.15) is 34.5 Å². The zero-order valence-corrected chi connectivity index (χ0v) is 14.8. The van der Waals surface area contributed by atoms with E-state index in [1.54, 1.807) is 6.92 Å². The highest BCUT2D eigenvalue weighted by molar-refractivity contribution is 5.89. The highest BCUT2D eigenvalue weighted by Crippen LogP contribution is 2.36. The average molecular weight is 364 g/mol. The minimum Gasteiger partial charge on any atom is -0.494 e. The van der Waals surface area contributed by atoms with Crippen LogP contribution in [-0.4, -0.2) is 38.7 Å². The van der Waals surface area contributed by atoms with Crippen molar-refractivity contribution in [2.75, 3.05) is 27.6 Å². The molecule has 1 N–H and O–H groups in total. The van der Waals surface area contributed by atoms with E-state index in [-0.39, 0.29) is 23.9 Å². The van der Waals surface area contributed by atoms with Gasteiger partial charge in [-0.05, 0) is 36.8 Å². The Morgan fingerprint density at radius 3 is 2.35 bits per heavy atom. The Balaban J connectivity index is 2.38. The van der Waals surface area contributed by atoms with Crippen molar-refractivity contribution in [3.63, 3.8) is 0 Å². The summed E-state index contributed by atoms with van der Waals surface area (Å²) < 4.78 is 34.9. The summed E-state index contributed by atoms with van der Waals surface area (Å²) in [6.07, 6.45) is -1.33. The van der Waals surface area contributed by atoms with E-state index in [9.17, 15) is 14.3 Å². The second-order valence-corrected chi connectivity index (χ2v) is 5.26. The molecule has 2 aromatic carbocycles. The number of aliphatic hydroxyl groups excluding tert-OH is 1. The molecule has 26 heavy (non-hydrogen) atoms. The van der Waals surface area contributed by atoms with Crippen LogP contribution in [0, 0.1) is 5.82 Å². The van der Waals surface area contributed by atoms with Gasteiger partial charge in [-0.25, -0.2) is 9.18 Å². The molecule has 6 nitrogen and oxygen atoms in total.